The fourth-order valence-electron chi connectivity index (χ4n) is 1.91. The number of hydrogen-bond donors (Lipinski definition) is 0. The van der Waals surface area contributed by atoms with Crippen LogP contribution in [-0.4, -0.2) is 11.0 Å². The molecule has 0 saturated heterocycles. The van der Waals surface area contributed by atoms with Gasteiger partial charge < -0.3 is 24.8 Å². The van der Waals surface area contributed by atoms with E-state index < -0.39 is 0 Å². The molecule has 0 aromatic heterocycles. The van der Waals surface area contributed by atoms with Gasteiger partial charge in [-0.3, -0.25) is 0 Å². The molecule has 2 N–H and O–H groups in total. The summed E-state index contributed by atoms with van der Waals surface area (Å²) in [4.78, 5) is 0. The third-order valence-electron chi connectivity index (χ3n) is 3.21. The molecular formula is C18H40O2Zr. The summed E-state index contributed by atoms with van der Waals surface area (Å²) >= 11 is 0. The van der Waals surface area contributed by atoms with E-state index in [0.29, 0.717) is 0 Å². The SMILES string of the molecule is [CH2-]CCCCCCCC.[CH2-]CCCCCCCC.[OH-].[OH-].[Zr+4]. The van der Waals surface area contributed by atoms with Crippen molar-refractivity contribution in [2.75, 3.05) is 0 Å². The molecule has 0 heterocycles. The Bertz CT molecular complexity index is 95.8. The summed E-state index contributed by atoms with van der Waals surface area (Å²) in [5.41, 5.74) is 0. The second-order valence-corrected chi connectivity index (χ2v) is 5.24. The average molecular weight is 380 g/mol. The van der Waals surface area contributed by atoms with Gasteiger partial charge in [0.2, 0.25) is 0 Å². The van der Waals surface area contributed by atoms with Crippen LogP contribution in [0.3, 0.4) is 0 Å². The third-order valence-corrected chi connectivity index (χ3v) is 3.21. The molecule has 0 unspecified atom stereocenters. The maximum Gasteiger partial charge on any atom is 4.00 e. The molecule has 3 heteroatoms. The summed E-state index contributed by atoms with van der Waals surface area (Å²) in [5, 5.41) is 0. The molecule has 0 aliphatic heterocycles. The van der Waals surface area contributed by atoms with Gasteiger partial charge in [0.05, 0.1) is 0 Å². The van der Waals surface area contributed by atoms with Crippen LogP contribution < -0.4 is 0 Å². The maximum absolute atomic E-state index is 3.80. The zero-order valence-corrected chi connectivity index (χ0v) is 17.2. The van der Waals surface area contributed by atoms with Crippen LogP contribution in [0.5, 0.6) is 0 Å². The van der Waals surface area contributed by atoms with Crippen molar-refractivity contribution in [1.82, 2.24) is 0 Å². The number of hydrogen-bond acceptors (Lipinski definition) is 2. The molecule has 0 aliphatic rings. The smallest absolute Gasteiger partial charge is 0.870 e. The average Bonchev–Trinajstić information content (AvgIpc) is 2.39. The Hall–Kier alpha value is 0.803. The molecule has 0 aliphatic carbocycles. The first kappa shape index (κ1) is 33.4. The van der Waals surface area contributed by atoms with Gasteiger partial charge in [-0.1, -0.05) is 90.9 Å². The van der Waals surface area contributed by atoms with Gasteiger partial charge in [0.25, 0.3) is 0 Å². The minimum absolute atomic E-state index is 0. The van der Waals surface area contributed by atoms with Gasteiger partial charge in [-0.2, -0.15) is 12.8 Å². The van der Waals surface area contributed by atoms with Gasteiger partial charge in [0.15, 0.2) is 0 Å². The van der Waals surface area contributed by atoms with Crippen LogP contribution in [0.25, 0.3) is 0 Å². The molecule has 0 spiro atoms. The van der Waals surface area contributed by atoms with Gasteiger partial charge >= 0.3 is 26.2 Å². The van der Waals surface area contributed by atoms with Crippen LogP contribution in [0.4, 0.5) is 0 Å². The monoisotopic (exact) mass is 378 g/mol. The Labute approximate surface area is 154 Å². The van der Waals surface area contributed by atoms with Gasteiger partial charge in [0, 0.05) is 0 Å². The Morgan fingerprint density at radius 1 is 0.476 bits per heavy atom. The molecule has 0 fully saturated rings. The van der Waals surface area contributed by atoms with Crippen LogP contribution in [0, 0.1) is 13.8 Å². The summed E-state index contributed by atoms with van der Waals surface area (Å²) in [6.07, 6.45) is 18.9. The normalized spacial score (nSPS) is 8.57. The van der Waals surface area contributed by atoms with E-state index in [4.69, 9.17) is 0 Å². The van der Waals surface area contributed by atoms with Crippen molar-refractivity contribution in [3.8, 4) is 0 Å². The van der Waals surface area contributed by atoms with Crippen molar-refractivity contribution in [2.24, 2.45) is 0 Å². The summed E-state index contributed by atoms with van der Waals surface area (Å²) in [5.74, 6) is 0. The Kier molecular flexibility index (Phi) is 59.2. The molecule has 0 aromatic carbocycles. The molecular weight excluding hydrogens is 339 g/mol. The van der Waals surface area contributed by atoms with Crippen molar-refractivity contribution in [3.05, 3.63) is 13.8 Å². The predicted octanol–water partition coefficient (Wildman–Crippen LogP) is 6.79. The summed E-state index contributed by atoms with van der Waals surface area (Å²) in [6, 6.07) is 0. The van der Waals surface area contributed by atoms with Crippen molar-refractivity contribution >= 4 is 0 Å². The summed E-state index contributed by atoms with van der Waals surface area (Å²) in [6.45, 7) is 12.1. The van der Waals surface area contributed by atoms with Gasteiger partial charge in [-0.05, 0) is 0 Å². The topological polar surface area (TPSA) is 60.0 Å². The fourth-order valence-corrected chi connectivity index (χ4v) is 1.91. The van der Waals surface area contributed by atoms with Crippen LogP contribution in [0.15, 0.2) is 0 Å². The Balaban J connectivity index is -0.0000000711. The standard InChI is InChI=1S/2C9H19.2H2O.Zr/c2*1-3-5-7-9-8-6-4-2;;;/h2*1,3-9H2,2H3;2*1H2;/q2*-1;;;+4/p-2. The fraction of sp³-hybridized carbons (Fsp3) is 0.889. The van der Waals surface area contributed by atoms with Crippen molar-refractivity contribution in [2.45, 2.75) is 104 Å². The van der Waals surface area contributed by atoms with E-state index in [1.807, 2.05) is 0 Å². The van der Waals surface area contributed by atoms with Gasteiger partial charge in [-0.15, -0.1) is 0 Å². The van der Waals surface area contributed by atoms with Crippen molar-refractivity contribution < 1.29 is 37.2 Å². The zero-order chi connectivity index (χ0) is 13.9. The van der Waals surface area contributed by atoms with Crippen LogP contribution in [-0.2, 0) is 26.2 Å². The number of rotatable bonds is 12. The molecule has 0 amide bonds. The van der Waals surface area contributed by atoms with Gasteiger partial charge in [0.1, 0.15) is 0 Å². The first-order valence-corrected chi connectivity index (χ1v) is 8.41. The van der Waals surface area contributed by atoms with E-state index in [1.54, 1.807) is 0 Å². The van der Waals surface area contributed by atoms with E-state index in [0.717, 1.165) is 12.8 Å². The minimum atomic E-state index is 0. The Morgan fingerprint density at radius 2 is 0.714 bits per heavy atom. The molecule has 0 atom stereocenters. The maximum atomic E-state index is 3.80. The van der Waals surface area contributed by atoms with Crippen LogP contribution in [0.2, 0.25) is 0 Å². The zero-order valence-electron chi connectivity index (χ0n) is 14.7. The summed E-state index contributed by atoms with van der Waals surface area (Å²) < 4.78 is 0. The first-order valence-electron chi connectivity index (χ1n) is 8.41. The Morgan fingerprint density at radius 3 is 0.952 bits per heavy atom. The van der Waals surface area contributed by atoms with Crippen molar-refractivity contribution in [1.29, 1.82) is 0 Å². The van der Waals surface area contributed by atoms with Gasteiger partial charge in [-0.25, -0.2) is 0 Å². The molecule has 21 heavy (non-hydrogen) atoms. The molecule has 128 valence electrons. The third kappa shape index (κ3) is 44.9. The molecule has 0 aromatic rings. The predicted molar refractivity (Wildman–Crippen MR) is 90.6 cm³/mol. The minimum Gasteiger partial charge on any atom is -0.870 e. The van der Waals surface area contributed by atoms with Crippen molar-refractivity contribution in [3.63, 3.8) is 0 Å². The first-order chi connectivity index (χ1) is 8.83. The number of unbranched alkanes of at least 4 members (excludes halogenated alkanes) is 12. The molecule has 0 bridgehead atoms. The second-order valence-electron chi connectivity index (χ2n) is 5.24. The largest absolute Gasteiger partial charge is 4.00 e. The van der Waals surface area contributed by atoms with E-state index in [9.17, 15) is 0 Å². The molecule has 0 saturated carbocycles. The van der Waals surface area contributed by atoms with Crippen LogP contribution in [0.1, 0.15) is 104 Å². The second kappa shape index (κ2) is 37.2. The molecule has 2 nitrogen and oxygen atoms in total. The van der Waals surface area contributed by atoms with E-state index in [1.165, 1.54) is 77.0 Å². The van der Waals surface area contributed by atoms with E-state index >= 15 is 0 Å². The van der Waals surface area contributed by atoms with Crippen LogP contribution >= 0.6 is 0 Å². The van der Waals surface area contributed by atoms with E-state index in [-0.39, 0.29) is 37.2 Å². The molecule has 0 rings (SSSR count). The summed E-state index contributed by atoms with van der Waals surface area (Å²) in [7, 11) is 0. The molecule has 0 radical (unpaired) electrons. The quantitative estimate of drug-likeness (QED) is 0.277. The van der Waals surface area contributed by atoms with E-state index in [2.05, 4.69) is 27.7 Å².